The van der Waals surface area contributed by atoms with Gasteiger partial charge in [-0.2, -0.15) is 5.26 Å². The summed E-state index contributed by atoms with van der Waals surface area (Å²) >= 11 is 0. The quantitative estimate of drug-likeness (QED) is 0.700. The van der Waals surface area contributed by atoms with E-state index in [1.807, 2.05) is 0 Å². The van der Waals surface area contributed by atoms with Crippen molar-refractivity contribution in [2.75, 3.05) is 0 Å². The van der Waals surface area contributed by atoms with E-state index in [0.717, 1.165) is 0 Å². The summed E-state index contributed by atoms with van der Waals surface area (Å²) in [6.45, 7) is 0.304. The first-order valence-corrected chi connectivity index (χ1v) is 3.63. The van der Waals surface area contributed by atoms with E-state index in [1.165, 1.54) is 18.2 Å². The lowest BCUT2D eigenvalue weighted by molar-refractivity contribution is -0.109. The topological polar surface area (TPSA) is 52.9 Å². The smallest absolute Gasteiger partial charge is 0.207 e. The van der Waals surface area contributed by atoms with Crippen LogP contribution in [0.25, 0.3) is 0 Å². The summed E-state index contributed by atoms with van der Waals surface area (Å²) in [6.07, 6.45) is 0.551. The number of nitriles is 1. The Balaban J connectivity index is 2.87. The number of nitrogens with one attached hydrogen (secondary N) is 1. The van der Waals surface area contributed by atoms with E-state index in [0.29, 0.717) is 18.5 Å². The summed E-state index contributed by atoms with van der Waals surface area (Å²) in [5.41, 5.74) is 0.690. The number of benzene rings is 1. The van der Waals surface area contributed by atoms with Gasteiger partial charge in [-0.3, -0.25) is 4.79 Å². The van der Waals surface area contributed by atoms with Gasteiger partial charge in [0.15, 0.2) is 0 Å². The molecule has 1 aromatic carbocycles. The number of halogens is 1. The summed E-state index contributed by atoms with van der Waals surface area (Å²) in [5.74, 6) is -0.544. The molecule has 0 saturated carbocycles. The number of amides is 1. The molecule has 0 aliphatic carbocycles. The Morgan fingerprint density at radius 2 is 2.38 bits per heavy atom. The van der Waals surface area contributed by atoms with Crippen molar-refractivity contribution in [2.24, 2.45) is 0 Å². The van der Waals surface area contributed by atoms with Gasteiger partial charge in [0.2, 0.25) is 6.41 Å². The van der Waals surface area contributed by atoms with Crippen molar-refractivity contribution in [1.29, 1.82) is 5.26 Å². The first kappa shape index (κ1) is 9.20. The average Bonchev–Trinajstić information content (AvgIpc) is 2.16. The van der Waals surface area contributed by atoms with Gasteiger partial charge in [0.25, 0.3) is 0 Å². The Kier molecular flexibility index (Phi) is 2.98. The molecule has 0 aliphatic rings. The molecule has 0 aromatic heterocycles. The molecule has 3 nitrogen and oxygen atoms in total. The summed E-state index contributed by atoms with van der Waals surface area (Å²) in [6, 6.07) is 5.86. The Morgan fingerprint density at radius 3 is 3.00 bits per heavy atom. The number of nitrogens with zero attached hydrogens (tertiary/aromatic N) is 1. The molecule has 0 radical (unpaired) electrons. The van der Waals surface area contributed by atoms with E-state index in [1.54, 1.807) is 6.07 Å². The summed E-state index contributed by atoms with van der Waals surface area (Å²) in [7, 11) is 0. The van der Waals surface area contributed by atoms with E-state index in [9.17, 15) is 9.18 Å². The molecule has 13 heavy (non-hydrogen) atoms. The zero-order valence-corrected chi connectivity index (χ0v) is 6.75. The van der Waals surface area contributed by atoms with Crippen molar-refractivity contribution in [1.82, 2.24) is 5.32 Å². The van der Waals surface area contributed by atoms with Crippen molar-refractivity contribution in [3.63, 3.8) is 0 Å². The minimum absolute atomic E-state index is 0.00908. The Bertz CT molecular complexity index is 357. The van der Waals surface area contributed by atoms with Gasteiger partial charge in [0.1, 0.15) is 11.9 Å². The van der Waals surface area contributed by atoms with E-state index in [4.69, 9.17) is 5.26 Å². The second kappa shape index (κ2) is 4.21. The molecule has 0 saturated heterocycles. The lowest BCUT2D eigenvalue weighted by Gasteiger charge is -2.00. The fourth-order valence-corrected chi connectivity index (χ4v) is 0.928. The molecule has 0 heterocycles. The second-order valence-corrected chi connectivity index (χ2v) is 2.42. The fraction of sp³-hybridized carbons (Fsp3) is 0.111. The predicted octanol–water partition coefficient (Wildman–Crippen LogP) is 0.943. The van der Waals surface area contributed by atoms with Crippen molar-refractivity contribution >= 4 is 6.41 Å². The van der Waals surface area contributed by atoms with Crippen LogP contribution in [0.3, 0.4) is 0 Å². The Labute approximate surface area is 74.8 Å². The highest BCUT2D eigenvalue weighted by molar-refractivity contribution is 5.46. The van der Waals surface area contributed by atoms with Crippen LogP contribution >= 0.6 is 0 Å². The first-order chi connectivity index (χ1) is 6.27. The van der Waals surface area contributed by atoms with Gasteiger partial charge >= 0.3 is 0 Å². The highest BCUT2D eigenvalue weighted by atomic mass is 19.1. The van der Waals surface area contributed by atoms with Crippen LogP contribution in [-0.4, -0.2) is 6.41 Å². The number of hydrogen-bond acceptors (Lipinski definition) is 2. The Hall–Kier alpha value is -1.89. The van der Waals surface area contributed by atoms with Gasteiger partial charge < -0.3 is 5.32 Å². The van der Waals surface area contributed by atoms with Crippen molar-refractivity contribution in [3.8, 4) is 6.07 Å². The lowest BCUT2D eigenvalue weighted by atomic mass is 10.1. The minimum Gasteiger partial charge on any atom is -0.355 e. The third-order valence-corrected chi connectivity index (χ3v) is 1.54. The molecule has 0 spiro atoms. The molecule has 0 fully saturated rings. The van der Waals surface area contributed by atoms with Crippen LogP contribution in [0.15, 0.2) is 18.2 Å². The molecule has 0 aliphatic heterocycles. The lowest BCUT2D eigenvalue weighted by Crippen LogP contribution is -2.09. The van der Waals surface area contributed by atoms with E-state index < -0.39 is 5.82 Å². The van der Waals surface area contributed by atoms with Crippen molar-refractivity contribution in [2.45, 2.75) is 6.54 Å². The third kappa shape index (κ3) is 2.27. The van der Waals surface area contributed by atoms with Gasteiger partial charge in [0, 0.05) is 6.54 Å². The molecule has 66 valence electrons. The minimum atomic E-state index is -0.544. The predicted molar refractivity (Wildman–Crippen MR) is 44.0 cm³/mol. The number of carbonyl (C=O) groups is 1. The molecular weight excluding hydrogens is 171 g/mol. The van der Waals surface area contributed by atoms with Crippen LogP contribution in [0, 0.1) is 17.1 Å². The first-order valence-electron chi connectivity index (χ1n) is 3.63. The molecular formula is C9H7FN2O. The largest absolute Gasteiger partial charge is 0.355 e. The Morgan fingerprint density at radius 1 is 1.62 bits per heavy atom. The van der Waals surface area contributed by atoms with Gasteiger partial charge in [-0.1, -0.05) is 6.07 Å². The number of hydrogen-bond donors (Lipinski definition) is 1. The van der Waals surface area contributed by atoms with Crippen LogP contribution < -0.4 is 5.32 Å². The standard InChI is InChI=1S/C9H7FN2O/c10-9-2-1-7(5-12-6-13)3-8(9)4-11/h1-3,6H,5H2,(H,12,13). The fourth-order valence-electron chi connectivity index (χ4n) is 0.928. The maximum Gasteiger partial charge on any atom is 0.207 e. The molecule has 1 rings (SSSR count). The zero-order chi connectivity index (χ0) is 9.68. The maximum atomic E-state index is 12.8. The van der Waals surface area contributed by atoms with Gasteiger partial charge in [-0.25, -0.2) is 4.39 Å². The number of rotatable bonds is 3. The van der Waals surface area contributed by atoms with Gasteiger partial charge in [-0.05, 0) is 17.7 Å². The maximum absolute atomic E-state index is 12.8. The number of carbonyl (C=O) groups excluding carboxylic acids is 1. The van der Waals surface area contributed by atoms with Crippen LogP contribution in [0.2, 0.25) is 0 Å². The summed E-state index contributed by atoms with van der Waals surface area (Å²) in [5, 5.41) is 10.9. The molecule has 0 bridgehead atoms. The van der Waals surface area contributed by atoms with Crippen LogP contribution in [0.1, 0.15) is 11.1 Å². The van der Waals surface area contributed by atoms with Crippen LogP contribution in [0.5, 0.6) is 0 Å². The monoisotopic (exact) mass is 178 g/mol. The molecule has 4 heteroatoms. The van der Waals surface area contributed by atoms with Crippen LogP contribution in [-0.2, 0) is 11.3 Å². The third-order valence-electron chi connectivity index (χ3n) is 1.54. The molecule has 1 amide bonds. The highest BCUT2D eigenvalue weighted by Crippen LogP contribution is 2.08. The van der Waals surface area contributed by atoms with Crippen molar-refractivity contribution < 1.29 is 9.18 Å². The normalized spacial score (nSPS) is 8.92. The van der Waals surface area contributed by atoms with E-state index in [2.05, 4.69) is 5.32 Å². The summed E-state index contributed by atoms with van der Waals surface area (Å²) < 4.78 is 12.8. The zero-order valence-electron chi connectivity index (χ0n) is 6.75. The second-order valence-electron chi connectivity index (χ2n) is 2.42. The van der Waals surface area contributed by atoms with Gasteiger partial charge in [0.05, 0.1) is 5.56 Å². The van der Waals surface area contributed by atoms with E-state index >= 15 is 0 Å². The molecule has 1 N–H and O–H groups in total. The SMILES string of the molecule is N#Cc1cc(CNC=O)ccc1F. The average molecular weight is 178 g/mol. The van der Waals surface area contributed by atoms with Gasteiger partial charge in [-0.15, -0.1) is 0 Å². The summed E-state index contributed by atoms with van der Waals surface area (Å²) in [4.78, 5) is 9.95. The molecule has 1 aromatic rings. The van der Waals surface area contributed by atoms with Crippen molar-refractivity contribution in [3.05, 3.63) is 35.1 Å². The molecule has 0 atom stereocenters. The van der Waals surface area contributed by atoms with Crippen LogP contribution in [0.4, 0.5) is 4.39 Å². The highest BCUT2D eigenvalue weighted by Gasteiger charge is 2.01. The van der Waals surface area contributed by atoms with E-state index in [-0.39, 0.29) is 5.56 Å². The molecule has 0 unspecified atom stereocenters.